The number of benzene rings is 1. The van der Waals surface area contributed by atoms with E-state index in [4.69, 9.17) is 4.74 Å². The Morgan fingerprint density at radius 2 is 2.33 bits per heavy atom. The first-order chi connectivity index (χ1) is 7.35. The van der Waals surface area contributed by atoms with Crippen molar-refractivity contribution in [2.75, 3.05) is 7.11 Å². The molecule has 1 aromatic heterocycles. The van der Waals surface area contributed by atoms with Crippen molar-refractivity contribution in [2.24, 2.45) is 0 Å². The maximum atomic E-state index is 10.9. The zero-order valence-electron chi connectivity index (χ0n) is 8.14. The molecule has 1 heterocycles. The van der Waals surface area contributed by atoms with E-state index >= 15 is 0 Å². The van der Waals surface area contributed by atoms with Crippen LogP contribution >= 0.6 is 11.3 Å². The first-order valence-corrected chi connectivity index (χ1v) is 5.31. The molecular weight excluding hydrogens is 210 g/mol. The molecule has 0 saturated heterocycles. The van der Waals surface area contributed by atoms with Gasteiger partial charge in [0.15, 0.2) is 6.29 Å². The Labute approximate surface area is 91.4 Å². The zero-order valence-corrected chi connectivity index (χ0v) is 8.95. The van der Waals surface area contributed by atoms with Gasteiger partial charge < -0.3 is 4.74 Å². The third-order valence-electron chi connectivity index (χ3n) is 2.09. The van der Waals surface area contributed by atoms with Crippen molar-refractivity contribution < 1.29 is 9.53 Å². The highest BCUT2D eigenvalue weighted by molar-refractivity contribution is 7.07. The van der Waals surface area contributed by atoms with Gasteiger partial charge in [0.1, 0.15) is 5.75 Å². The molecule has 2 aromatic rings. The number of carbonyl (C=O) groups excluding carboxylic acids is 1. The molecule has 15 heavy (non-hydrogen) atoms. The summed E-state index contributed by atoms with van der Waals surface area (Å²) in [4.78, 5) is 15.1. The summed E-state index contributed by atoms with van der Waals surface area (Å²) in [7, 11) is 1.58. The van der Waals surface area contributed by atoms with Gasteiger partial charge in [0, 0.05) is 16.5 Å². The number of ether oxygens (including phenoxy) is 1. The summed E-state index contributed by atoms with van der Waals surface area (Å²) in [5.74, 6) is 0.677. The molecule has 0 atom stereocenters. The van der Waals surface area contributed by atoms with Crippen LogP contribution in [0, 0.1) is 0 Å². The van der Waals surface area contributed by atoms with Gasteiger partial charge in [-0.3, -0.25) is 4.79 Å². The monoisotopic (exact) mass is 219 g/mol. The number of thiazole rings is 1. The number of hydrogen-bond acceptors (Lipinski definition) is 4. The molecule has 3 nitrogen and oxygen atoms in total. The van der Waals surface area contributed by atoms with Gasteiger partial charge in [-0.2, -0.15) is 0 Å². The topological polar surface area (TPSA) is 39.2 Å². The van der Waals surface area contributed by atoms with Gasteiger partial charge in [-0.05, 0) is 18.2 Å². The number of hydrogen-bond donors (Lipinski definition) is 0. The third kappa shape index (κ3) is 1.89. The molecule has 0 radical (unpaired) electrons. The van der Waals surface area contributed by atoms with Crippen LogP contribution in [0.15, 0.2) is 29.1 Å². The predicted molar refractivity (Wildman–Crippen MR) is 59.5 cm³/mol. The highest BCUT2D eigenvalue weighted by Gasteiger charge is 2.07. The van der Waals surface area contributed by atoms with Crippen LogP contribution in [-0.4, -0.2) is 18.4 Å². The van der Waals surface area contributed by atoms with Crippen molar-refractivity contribution in [1.29, 1.82) is 0 Å². The van der Waals surface area contributed by atoms with E-state index in [2.05, 4.69) is 4.98 Å². The van der Waals surface area contributed by atoms with Crippen LogP contribution in [0.5, 0.6) is 5.75 Å². The lowest BCUT2D eigenvalue weighted by molar-refractivity contribution is 0.112. The SMILES string of the molecule is COc1ccc(-c2cscn2)c(C=O)c1. The van der Waals surface area contributed by atoms with Crippen molar-refractivity contribution in [3.63, 3.8) is 0 Å². The Hall–Kier alpha value is -1.68. The van der Waals surface area contributed by atoms with Crippen LogP contribution in [0.3, 0.4) is 0 Å². The zero-order chi connectivity index (χ0) is 10.7. The molecule has 0 aliphatic carbocycles. The molecule has 2 rings (SSSR count). The van der Waals surface area contributed by atoms with Crippen molar-refractivity contribution in [3.05, 3.63) is 34.7 Å². The number of methoxy groups -OCH3 is 1. The minimum atomic E-state index is 0.597. The van der Waals surface area contributed by atoms with Crippen molar-refractivity contribution >= 4 is 17.6 Å². The van der Waals surface area contributed by atoms with Gasteiger partial charge in [0.2, 0.25) is 0 Å². The molecule has 0 saturated carbocycles. The molecule has 4 heteroatoms. The van der Waals surface area contributed by atoms with Crippen LogP contribution in [0.25, 0.3) is 11.3 Å². The summed E-state index contributed by atoms with van der Waals surface area (Å²) in [6.07, 6.45) is 0.817. The second-order valence-corrected chi connectivity index (χ2v) is 3.66. The molecular formula is C11H9NO2S. The van der Waals surface area contributed by atoms with Gasteiger partial charge >= 0.3 is 0 Å². The minimum Gasteiger partial charge on any atom is -0.497 e. The summed E-state index contributed by atoms with van der Waals surface area (Å²) in [5, 5.41) is 1.91. The quantitative estimate of drug-likeness (QED) is 0.745. The fourth-order valence-corrected chi connectivity index (χ4v) is 1.90. The maximum Gasteiger partial charge on any atom is 0.150 e. The summed E-state index contributed by atoms with van der Waals surface area (Å²) in [6, 6.07) is 5.38. The Morgan fingerprint density at radius 3 is 2.93 bits per heavy atom. The second kappa shape index (κ2) is 4.23. The van der Waals surface area contributed by atoms with Crippen LogP contribution < -0.4 is 4.74 Å². The standard InChI is InChI=1S/C11H9NO2S/c1-14-9-2-3-10(8(4-9)5-13)11-6-15-7-12-11/h2-7H,1H3. The average molecular weight is 219 g/mol. The Bertz CT molecular complexity index is 465. The van der Waals surface area contributed by atoms with Gasteiger partial charge in [-0.1, -0.05) is 0 Å². The Kier molecular flexibility index (Phi) is 2.78. The average Bonchev–Trinajstić information content (AvgIpc) is 2.81. The van der Waals surface area contributed by atoms with Gasteiger partial charge in [0.25, 0.3) is 0 Å². The number of carbonyl (C=O) groups is 1. The molecule has 0 aliphatic heterocycles. The lowest BCUT2D eigenvalue weighted by atomic mass is 10.1. The first kappa shape index (κ1) is 9.86. The van der Waals surface area contributed by atoms with E-state index in [-0.39, 0.29) is 0 Å². The summed E-state index contributed by atoms with van der Waals surface area (Å²) in [5.41, 5.74) is 4.01. The largest absolute Gasteiger partial charge is 0.497 e. The molecule has 0 spiro atoms. The molecule has 0 bridgehead atoms. The molecule has 0 unspecified atom stereocenters. The van der Waals surface area contributed by atoms with E-state index in [0.717, 1.165) is 17.5 Å². The highest BCUT2D eigenvalue weighted by atomic mass is 32.1. The smallest absolute Gasteiger partial charge is 0.150 e. The van der Waals surface area contributed by atoms with Crippen LogP contribution in [-0.2, 0) is 0 Å². The summed E-state index contributed by atoms with van der Waals surface area (Å²) in [6.45, 7) is 0. The first-order valence-electron chi connectivity index (χ1n) is 4.37. The van der Waals surface area contributed by atoms with Gasteiger partial charge in [-0.25, -0.2) is 4.98 Å². The lowest BCUT2D eigenvalue weighted by Gasteiger charge is -2.04. The highest BCUT2D eigenvalue weighted by Crippen LogP contribution is 2.25. The van der Waals surface area contributed by atoms with Crippen molar-refractivity contribution in [2.45, 2.75) is 0 Å². The van der Waals surface area contributed by atoms with E-state index in [0.29, 0.717) is 11.3 Å². The normalized spacial score (nSPS) is 9.93. The Morgan fingerprint density at radius 1 is 1.47 bits per heavy atom. The van der Waals surface area contributed by atoms with Gasteiger partial charge in [-0.15, -0.1) is 11.3 Å². The van der Waals surface area contributed by atoms with E-state index in [9.17, 15) is 4.79 Å². The van der Waals surface area contributed by atoms with Gasteiger partial charge in [0.05, 0.1) is 18.3 Å². The fraction of sp³-hybridized carbons (Fsp3) is 0.0909. The number of nitrogens with zero attached hydrogens (tertiary/aromatic N) is 1. The Balaban J connectivity index is 2.52. The maximum absolute atomic E-state index is 10.9. The molecule has 0 amide bonds. The molecule has 0 aliphatic rings. The van der Waals surface area contributed by atoms with E-state index < -0.39 is 0 Å². The molecule has 76 valence electrons. The summed E-state index contributed by atoms with van der Waals surface area (Å²) < 4.78 is 5.05. The van der Waals surface area contributed by atoms with Crippen LogP contribution in [0.2, 0.25) is 0 Å². The van der Waals surface area contributed by atoms with E-state index in [1.54, 1.807) is 18.7 Å². The minimum absolute atomic E-state index is 0.597. The molecule has 0 N–H and O–H groups in total. The predicted octanol–water partition coefficient (Wildman–Crippen LogP) is 2.63. The van der Waals surface area contributed by atoms with Crippen LogP contribution in [0.1, 0.15) is 10.4 Å². The summed E-state index contributed by atoms with van der Waals surface area (Å²) >= 11 is 1.51. The molecule has 1 aromatic carbocycles. The van der Waals surface area contributed by atoms with E-state index in [1.165, 1.54) is 11.3 Å². The number of aromatic nitrogens is 1. The van der Waals surface area contributed by atoms with Crippen molar-refractivity contribution in [3.8, 4) is 17.0 Å². The van der Waals surface area contributed by atoms with E-state index in [1.807, 2.05) is 17.5 Å². The van der Waals surface area contributed by atoms with Crippen molar-refractivity contribution in [1.82, 2.24) is 4.98 Å². The number of rotatable bonds is 3. The number of aldehydes is 1. The molecule has 0 fully saturated rings. The fourth-order valence-electron chi connectivity index (χ4n) is 1.34. The lowest BCUT2D eigenvalue weighted by Crippen LogP contribution is -1.90. The van der Waals surface area contributed by atoms with Crippen LogP contribution in [0.4, 0.5) is 0 Å². The third-order valence-corrected chi connectivity index (χ3v) is 2.68. The second-order valence-electron chi connectivity index (χ2n) is 2.94.